The summed E-state index contributed by atoms with van der Waals surface area (Å²) in [5.74, 6) is -2.13. The Labute approximate surface area is 100 Å². The summed E-state index contributed by atoms with van der Waals surface area (Å²) < 4.78 is 14.6. The van der Waals surface area contributed by atoms with E-state index in [4.69, 9.17) is 18.4 Å². The van der Waals surface area contributed by atoms with Gasteiger partial charge in [0.1, 0.15) is 0 Å². The van der Waals surface area contributed by atoms with Crippen LogP contribution in [0.2, 0.25) is 6.04 Å². The van der Waals surface area contributed by atoms with Gasteiger partial charge in [-0.3, -0.25) is 14.4 Å². The summed E-state index contributed by atoms with van der Waals surface area (Å²) >= 11 is 0. The van der Waals surface area contributed by atoms with Crippen molar-refractivity contribution in [3.8, 4) is 0 Å². The molecule has 98 valence electrons. The molecule has 0 rings (SSSR count). The van der Waals surface area contributed by atoms with Crippen molar-refractivity contribution in [2.75, 3.05) is 6.61 Å². The number of hydrogen-bond donors (Lipinski definition) is 1. The lowest BCUT2D eigenvalue weighted by Crippen LogP contribution is -2.49. The molecule has 0 radical (unpaired) electrons. The minimum atomic E-state index is -3.71. The third-order valence-electron chi connectivity index (χ3n) is 1.54. The number of hydrogen-bond acceptors (Lipinski definition) is 7. The molecule has 0 saturated heterocycles. The van der Waals surface area contributed by atoms with Gasteiger partial charge in [-0.2, -0.15) is 0 Å². The lowest BCUT2D eigenvalue weighted by Gasteiger charge is -2.25. The minimum absolute atomic E-state index is 0.00222. The topological polar surface area (TPSA) is 99.1 Å². The molecule has 0 bridgehead atoms. The average Bonchev–Trinajstić information content (AvgIpc) is 2.11. The summed E-state index contributed by atoms with van der Waals surface area (Å²) in [5.41, 5.74) is 0. The predicted molar refractivity (Wildman–Crippen MR) is 57.6 cm³/mol. The molecule has 0 unspecified atom stereocenters. The number of carbonyl (C=O) groups is 3. The van der Waals surface area contributed by atoms with Crippen molar-refractivity contribution in [1.29, 1.82) is 0 Å². The molecular formula is C9H16O7Si. The number of aliphatic hydroxyl groups is 1. The molecule has 0 aliphatic carbocycles. The molecular weight excluding hydrogens is 248 g/mol. The summed E-state index contributed by atoms with van der Waals surface area (Å²) in [7, 11) is -3.71. The van der Waals surface area contributed by atoms with Gasteiger partial charge in [-0.25, -0.2) is 0 Å². The van der Waals surface area contributed by atoms with Gasteiger partial charge in [-0.1, -0.05) is 0 Å². The number of aliphatic hydroxyl groups excluding tert-OH is 1. The lowest BCUT2D eigenvalue weighted by atomic mass is 10.5. The summed E-state index contributed by atoms with van der Waals surface area (Å²) in [4.78, 5) is 32.9. The Morgan fingerprint density at radius 2 is 1.29 bits per heavy atom. The van der Waals surface area contributed by atoms with Crippen LogP contribution in [0.3, 0.4) is 0 Å². The molecule has 7 nitrogen and oxygen atoms in total. The Hall–Kier alpha value is -1.41. The van der Waals surface area contributed by atoms with Crippen LogP contribution in [-0.4, -0.2) is 38.4 Å². The Morgan fingerprint density at radius 1 is 0.941 bits per heavy atom. The van der Waals surface area contributed by atoms with E-state index in [2.05, 4.69) is 0 Å². The summed E-state index contributed by atoms with van der Waals surface area (Å²) in [6.45, 7) is 3.16. The van der Waals surface area contributed by atoms with Gasteiger partial charge in [0.05, 0.1) is 6.04 Å². The van der Waals surface area contributed by atoms with Gasteiger partial charge in [-0.05, 0) is 6.42 Å². The minimum Gasteiger partial charge on any atom is -0.455 e. The van der Waals surface area contributed by atoms with Gasteiger partial charge in [-0.15, -0.1) is 0 Å². The summed E-state index contributed by atoms with van der Waals surface area (Å²) in [6, 6.07) is 0.00222. The molecule has 0 spiro atoms. The first-order chi connectivity index (χ1) is 7.81. The van der Waals surface area contributed by atoms with Crippen molar-refractivity contribution >= 4 is 26.7 Å². The lowest BCUT2D eigenvalue weighted by molar-refractivity contribution is -0.147. The van der Waals surface area contributed by atoms with Gasteiger partial charge in [0.15, 0.2) is 0 Å². The molecule has 0 fully saturated rings. The molecule has 0 aromatic carbocycles. The third kappa shape index (κ3) is 6.69. The first kappa shape index (κ1) is 15.6. The molecule has 0 amide bonds. The first-order valence-electron chi connectivity index (χ1n) is 5.01. The van der Waals surface area contributed by atoms with Crippen LogP contribution in [0.1, 0.15) is 27.2 Å². The van der Waals surface area contributed by atoms with E-state index in [-0.39, 0.29) is 19.1 Å². The van der Waals surface area contributed by atoms with E-state index in [1.807, 2.05) is 0 Å². The quantitative estimate of drug-likeness (QED) is 0.674. The monoisotopic (exact) mass is 264 g/mol. The van der Waals surface area contributed by atoms with Crippen molar-refractivity contribution in [2.24, 2.45) is 0 Å². The largest absolute Gasteiger partial charge is 0.705 e. The van der Waals surface area contributed by atoms with E-state index >= 15 is 0 Å². The van der Waals surface area contributed by atoms with E-state index in [1.165, 1.54) is 0 Å². The summed E-state index contributed by atoms with van der Waals surface area (Å²) in [5, 5.41) is 8.73. The fraction of sp³-hybridized carbons (Fsp3) is 0.667. The predicted octanol–water partition coefficient (Wildman–Crippen LogP) is -0.00300. The maximum Gasteiger partial charge on any atom is 0.705 e. The van der Waals surface area contributed by atoms with Crippen LogP contribution in [-0.2, 0) is 27.7 Å². The molecule has 17 heavy (non-hydrogen) atoms. The van der Waals surface area contributed by atoms with Gasteiger partial charge >= 0.3 is 8.80 Å². The third-order valence-corrected chi connectivity index (χ3v) is 4.30. The first-order valence-corrected chi connectivity index (χ1v) is 6.94. The van der Waals surface area contributed by atoms with E-state index in [1.54, 1.807) is 0 Å². The van der Waals surface area contributed by atoms with Gasteiger partial charge in [0, 0.05) is 27.4 Å². The molecule has 0 aliphatic rings. The highest BCUT2D eigenvalue weighted by Gasteiger charge is 2.51. The Kier molecular flexibility index (Phi) is 6.44. The van der Waals surface area contributed by atoms with Crippen LogP contribution in [0.5, 0.6) is 0 Å². The zero-order valence-electron chi connectivity index (χ0n) is 10.0. The van der Waals surface area contributed by atoms with Crippen molar-refractivity contribution in [3.05, 3.63) is 0 Å². The maximum absolute atomic E-state index is 11.0. The fourth-order valence-electron chi connectivity index (χ4n) is 1.17. The van der Waals surface area contributed by atoms with Crippen LogP contribution in [0.25, 0.3) is 0 Å². The molecule has 0 aromatic heterocycles. The number of carbonyl (C=O) groups excluding carboxylic acids is 3. The second kappa shape index (κ2) is 7.02. The molecule has 0 aliphatic heterocycles. The van der Waals surface area contributed by atoms with Crippen LogP contribution in [0.4, 0.5) is 0 Å². The summed E-state index contributed by atoms with van der Waals surface area (Å²) in [6.07, 6.45) is 0.195. The Bertz CT molecular complexity index is 261. The van der Waals surface area contributed by atoms with Crippen molar-refractivity contribution in [3.63, 3.8) is 0 Å². The molecule has 0 atom stereocenters. The highest BCUT2D eigenvalue weighted by Crippen LogP contribution is 2.19. The van der Waals surface area contributed by atoms with Crippen molar-refractivity contribution < 1.29 is 32.8 Å². The molecule has 0 heterocycles. The second-order valence-corrected chi connectivity index (χ2v) is 5.77. The Balaban J connectivity index is 4.95. The van der Waals surface area contributed by atoms with E-state index in [0.717, 1.165) is 20.8 Å². The molecule has 0 aromatic rings. The van der Waals surface area contributed by atoms with Gasteiger partial charge in [0.2, 0.25) is 0 Å². The van der Waals surface area contributed by atoms with E-state index in [9.17, 15) is 14.4 Å². The zero-order valence-corrected chi connectivity index (χ0v) is 11.0. The van der Waals surface area contributed by atoms with Crippen LogP contribution >= 0.6 is 0 Å². The fourth-order valence-corrected chi connectivity index (χ4v) is 3.50. The van der Waals surface area contributed by atoms with Crippen molar-refractivity contribution in [1.82, 2.24) is 0 Å². The normalized spacial score (nSPS) is 10.6. The second-order valence-electron chi connectivity index (χ2n) is 3.29. The van der Waals surface area contributed by atoms with Crippen LogP contribution < -0.4 is 0 Å². The standard InChI is InChI=1S/C9H16O7Si/c1-7(11)14-17(6-4-5-10,15-8(2)12)16-9(3)13/h10H,4-6H2,1-3H3. The van der Waals surface area contributed by atoms with Gasteiger partial charge < -0.3 is 18.4 Å². The Morgan fingerprint density at radius 3 is 1.53 bits per heavy atom. The van der Waals surface area contributed by atoms with Crippen LogP contribution in [0, 0.1) is 0 Å². The van der Waals surface area contributed by atoms with Gasteiger partial charge in [0.25, 0.3) is 17.9 Å². The molecule has 0 saturated carbocycles. The highest BCUT2D eigenvalue weighted by molar-refractivity contribution is 6.65. The SMILES string of the molecule is CC(=O)O[Si](CCCO)(OC(C)=O)OC(C)=O. The van der Waals surface area contributed by atoms with E-state index < -0.39 is 26.7 Å². The highest BCUT2D eigenvalue weighted by atomic mass is 28.4. The smallest absolute Gasteiger partial charge is 0.455 e. The average molecular weight is 264 g/mol. The molecule has 8 heteroatoms. The molecule has 1 N–H and O–H groups in total. The zero-order chi connectivity index (χ0) is 13.5. The maximum atomic E-state index is 11.0. The van der Waals surface area contributed by atoms with E-state index in [0.29, 0.717) is 0 Å². The van der Waals surface area contributed by atoms with Crippen molar-refractivity contribution in [2.45, 2.75) is 33.2 Å². The van der Waals surface area contributed by atoms with Crippen LogP contribution in [0.15, 0.2) is 0 Å². The number of rotatable bonds is 6.